The molecule has 1 fully saturated rings. The molecule has 0 aromatic heterocycles. The first-order chi connectivity index (χ1) is 21.6. The van der Waals surface area contributed by atoms with Gasteiger partial charge in [-0.15, -0.1) is 0 Å². The molecule has 1 N–H and O–H groups in total. The minimum atomic E-state index is -6.45. The number of fused-ring (bicyclic) bond motifs is 1. The van der Waals surface area contributed by atoms with E-state index < -0.39 is 63.5 Å². The van der Waals surface area contributed by atoms with Crippen LogP contribution in [0.15, 0.2) is 72.8 Å². The molecular formula is C33H30F6O6S. The second-order valence-corrected chi connectivity index (χ2v) is 13.6. The zero-order valence-corrected chi connectivity index (χ0v) is 25.0. The summed E-state index contributed by atoms with van der Waals surface area (Å²) in [6.45, 7) is 0. The van der Waals surface area contributed by atoms with Gasteiger partial charge in [0.2, 0.25) is 0 Å². The highest BCUT2D eigenvalue weighted by molar-refractivity contribution is 7.85. The van der Waals surface area contributed by atoms with Gasteiger partial charge in [-0.25, -0.2) is 0 Å². The van der Waals surface area contributed by atoms with Crippen molar-refractivity contribution in [2.45, 2.75) is 73.9 Å². The van der Waals surface area contributed by atoms with Gasteiger partial charge in [0.1, 0.15) is 11.5 Å². The van der Waals surface area contributed by atoms with Gasteiger partial charge in [-0.2, -0.15) is 34.8 Å². The molecule has 0 spiro atoms. The molecule has 1 saturated carbocycles. The summed E-state index contributed by atoms with van der Waals surface area (Å²) in [5.41, 5.74) is -2.53. The van der Waals surface area contributed by atoms with Crippen molar-refractivity contribution in [3.63, 3.8) is 0 Å². The Labute approximate surface area is 261 Å². The second-order valence-electron chi connectivity index (χ2n) is 12.2. The SMILES string of the molecule is O=C(OC(CS(=O)(=O)O)(C(F)(F)F)C(F)(F)F)C1C2c3ccccc3C(c3ccccc32)C1c1ccccc1OC1CCCCC1. The van der Waals surface area contributed by atoms with Crippen LogP contribution in [0.5, 0.6) is 5.75 Å². The maximum Gasteiger partial charge on any atom is 0.438 e. The zero-order valence-electron chi connectivity index (χ0n) is 24.2. The van der Waals surface area contributed by atoms with Gasteiger partial charge in [-0.05, 0) is 59.6 Å². The first kappa shape index (κ1) is 32.4. The van der Waals surface area contributed by atoms with Crippen LogP contribution < -0.4 is 4.74 Å². The lowest BCUT2D eigenvalue weighted by molar-refractivity contribution is -0.362. The Morgan fingerprint density at radius 2 is 1.17 bits per heavy atom. The first-order valence-corrected chi connectivity index (χ1v) is 16.5. The van der Waals surface area contributed by atoms with Gasteiger partial charge in [0.05, 0.1) is 12.0 Å². The predicted octanol–water partition coefficient (Wildman–Crippen LogP) is 7.68. The van der Waals surface area contributed by atoms with Crippen LogP contribution in [0.3, 0.4) is 0 Å². The van der Waals surface area contributed by atoms with E-state index in [-0.39, 0.29) is 6.10 Å². The molecule has 0 saturated heterocycles. The van der Waals surface area contributed by atoms with Crippen LogP contribution in [0.2, 0.25) is 0 Å². The van der Waals surface area contributed by atoms with E-state index in [9.17, 15) is 44.1 Å². The highest BCUT2D eigenvalue weighted by Gasteiger charge is 2.76. The van der Waals surface area contributed by atoms with Crippen molar-refractivity contribution in [3.8, 4) is 5.75 Å². The van der Waals surface area contributed by atoms with E-state index in [0.29, 0.717) is 22.4 Å². The Hall–Kier alpha value is -3.58. The molecule has 2 atom stereocenters. The highest BCUT2D eigenvalue weighted by atomic mass is 32.2. The monoisotopic (exact) mass is 668 g/mol. The summed E-state index contributed by atoms with van der Waals surface area (Å²) < 4.78 is 129. The largest absolute Gasteiger partial charge is 0.490 e. The number of para-hydroxylation sites is 1. The normalized spacial score (nSPS) is 23.4. The third kappa shape index (κ3) is 5.55. The molecule has 6 nitrogen and oxygen atoms in total. The van der Waals surface area contributed by atoms with E-state index >= 15 is 0 Å². The quantitative estimate of drug-likeness (QED) is 0.158. The summed E-state index contributed by atoms with van der Waals surface area (Å²) in [6, 6.07) is 20.5. The second kappa shape index (κ2) is 11.6. The van der Waals surface area contributed by atoms with Gasteiger partial charge in [0.15, 0.2) is 0 Å². The number of carbonyl (C=O) groups is 1. The van der Waals surface area contributed by atoms with Crippen molar-refractivity contribution >= 4 is 16.1 Å². The van der Waals surface area contributed by atoms with Crippen molar-refractivity contribution in [2.75, 3.05) is 5.75 Å². The van der Waals surface area contributed by atoms with Gasteiger partial charge < -0.3 is 9.47 Å². The van der Waals surface area contributed by atoms with Crippen LogP contribution in [0.1, 0.15) is 77.7 Å². The number of esters is 1. The van der Waals surface area contributed by atoms with E-state index in [1.165, 1.54) is 0 Å². The molecular weight excluding hydrogens is 638 g/mol. The van der Waals surface area contributed by atoms with Crippen LogP contribution >= 0.6 is 0 Å². The molecule has 2 bridgehead atoms. The minimum Gasteiger partial charge on any atom is -0.490 e. The summed E-state index contributed by atoms with van der Waals surface area (Å²) in [5.74, 6) is -8.92. The third-order valence-electron chi connectivity index (χ3n) is 9.41. The number of benzene rings is 3. The molecule has 246 valence electrons. The first-order valence-electron chi connectivity index (χ1n) is 14.9. The molecule has 0 amide bonds. The smallest absolute Gasteiger partial charge is 0.438 e. The van der Waals surface area contributed by atoms with Gasteiger partial charge in [0.25, 0.3) is 10.1 Å². The maximum absolute atomic E-state index is 14.3. The van der Waals surface area contributed by atoms with Gasteiger partial charge >= 0.3 is 23.9 Å². The van der Waals surface area contributed by atoms with Crippen molar-refractivity contribution in [1.82, 2.24) is 0 Å². The fourth-order valence-electron chi connectivity index (χ4n) is 7.53. The lowest BCUT2D eigenvalue weighted by Gasteiger charge is -2.50. The molecule has 3 aromatic carbocycles. The van der Waals surface area contributed by atoms with Crippen LogP contribution in [0, 0.1) is 5.92 Å². The Morgan fingerprint density at radius 1 is 0.717 bits per heavy atom. The number of rotatable bonds is 7. The summed E-state index contributed by atoms with van der Waals surface area (Å²) >= 11 is 0. The molecule has 4 aliphatic rings. The van der Waals surface area contributed by atoms with Crippen LogP contribution in [0.4, 0.5) is 26.3 Å². The fraction of sp³-hybridized carbons (Fsp3) is 0.424. The lowest BCUT2D eigenvalue weighted by atomic mass is 9.52. The highest BCUT2D eigenvalue weighted by Crippen LogP contribution is 2.63. The van der Waals surface area contributed by atoms with Gasteiger partial charge in [0, 0.05) is 17.8 Å². The molecule has 0 heterocycles. The number of hydrogen-bond donors (Lipinski definition) is 1. The molecule has 3 aromatic rings. The predicted molar refractivity (Wildman–Crippen MR) is 154 cm³/mol. The molecule has 0 radical (unpaired) electrons. The zero-order chi connectivity index (χ0) is 33.1. The van der Waals surface area contributed by atoms with Gasteiger partial charge in [-0.3, -0.25) is 9.35 Å². The number of hydrogen-bond acceptors (Lipinski definition) is 5. The van der Waals surface area contributed by atoms with Gasteiger partial charge in [-0.1, -0.05) is 73.2 Å². The number of halogens is 6. The van der Waals surface area contributed by atoms with Crippen molar-refractivity contribution < 1.29 is 53.6 Å². The summed E-state index contributed by atoms with van der Waals surface area (Å²) in [6.07, 6.45) is -8.63. The van der Waals surface area contributed by atoms with E-state index in [4.69, 9.17) is 4.74 Å². The Bertz CT molecular complexity index is 1670. The molecule has 46 heavy (non-hydrogen) atoms. The topological polar surface area (TPSA) is 89.9 Å². The standard InChI is InChI=1S/C33H30F6O6S/c34-32(35,36)31(33(37,38)39,18-46(41,42)43)45-30(40)29-27-22-14-6-4-12-20(22)26(21-13-5-7-15-23(21)27)28(29)24-16-8-9-17-25(24)44-19-10-2-1-3-11-19/h4-9,12-17,19,26-29H,1-3,10-11,18H2,(H,41,42,43). The number of ether oxygens (including phenoxy) is 2. The average Bonchev–Trinajstić information content (AvgIpc) is 2.99. The van der Waals surface area contributed by atoms with Crippen molar-refractivity contribution in [2.24, 2.45) is 5.92 Å². The van der Waals surface area contributed by atoms with E-state index in [2.05, 4.69) is 4.74 Å². The molecule has 4 aliphatic carbocycles. The van der Waals surface area contributed by atoms with E-state index in [1.54, 1.807) is 60.7 Å². The van der Waals surface area contributed by atoms with E-state index in [1.807, 2.05) is 12.1 Å². The molecule has 7 rings (SSSR count). The Kier molecular flexibility index (Phi) is 8.15. The van der Waals surface area contributed by atoms with Crippen LogP contribution in [0.25, 0.3) is 0 Å². The summed E-state index contributed by atoms with van der Waals surface area (Å²) in [4.78, 5) is 14.1. The van der Waals surface area contributed by atoms with Crippen LogP contribution in [-0.4, -0.2) is 48.8 Å². The molecule has 0 aliphatic heterocycles. The maximum atomic E-state index is 14.3. The third-order valence-corrected chi connectivity index (χ3v) is 10.2. The van der Waals surface area contributed by atoms with Crippen molar-refractivity contribution in [1.29, 1.82) is 0 Å². The Morgan fingerprint density at radius 3 is 1.65 bits per heavy atom. The molecule has 13 heteroatoms. The van der Waals surface area contributed by atoms with Crippen molar-refractivity contribution in [3.05, 3.63) is 101 Å². The number of alkyl halides is 6. The number of carbonyl (C=O) groups excluding carboxylic acids is 1. The average molecular weight is 669 g/mol. The minimum absolute atomic E-state index is 0.168. The van der Waals surface area contributed by atoms with E-state index in [0.717, 1.165) is 43.2 Å². The Balaban J connectivity index is 1.55. The van der Waals surface area contributed by atoms with Crippen LogP contribution in [-0.2, 0) is 19.6 Å². The summed E-state index contributed by atoms with van der Waals surface area (Å²) in [7, 11) is -5.96. The lowest BCUT2D eigenvalue weighted by Crippen LogP contribution is -2.64. The fourth-order valence-corrected chi connectivity index (χ4v) is 8.43. The summed E-state index contributed by atoms with van der Waals surface area (Å²) in [5, 5.41) is 0. The molecule has 2 unspecified atom stereocenters.